The molecule has 1 unspecified atom stereocenters. The third-order valence-electron chi connectivity index (χ3n) is 2.89. The molecule has 1 fully saturated rings. The van der Waals surface area contributed by atoms with Gasteiger partial charge in [0.1, 0.15) is 11.9 Å². The number of halogens is 2. The molecule has 1 aliphatic rings. The number of hydrogen-bond donors (Lipinski definition) is 2. The van der Waals surface area contributed by atoms with Crippen LogP contribution in [0.2, 0.25) is 0 Å². The van der Waals surface area contributed by atoms with E-state index >= 15 is 0 Å². The first kappa shape index (κ1) is 15.9. The van der Waals surface area contributed by atoms with Crippen molar-refractivity contribution in [3.8, 4) is 0 Å². The van der Waals surface area contributed by atoms with Gasteiger partial charge in [-0.05, 0) is 18.1 Å². The van der Waals surface area contributed by atoms with Gasteiger partial charge in [0.2, 0.25) is 5.91 Å². The number of rotatable bonds is 4. The van der Waals surface area contributed by atoms with E-state index in [4.69, 9.17) is 4.74 Å². The SMILES string of the molecule is Cl.O=C(NCCc1ccccc1F)C1COCCN1. The smallest absolute Gasteiger partial charge is 0.239 e. The molecule has 106 valence electrons. The summed E-state index contributed by atoms with van der Waals surface area (Å²) in [5, 5.41) is 5.85. The minimum atomic E-state index is -0.292. The van der Waals surface area contributed by atoms with Gasteiger partial charge < -0.3 is 15.4 Å². The molecule has 1 aromatic rings. The number of nitrogens with one attached hydrogen (secondary N) is 2. The van der Waals surface area contributed by atoms with Gasteiger partial charge in [0.25, 0.3) is 0 Å². The van der Waals surface area contributed by atoms with Crippen LogP contribution in [0.4, 0.5) is 4.39 Å². The average Bonchev–Trinajstić information content (AvgIpc) is 2.42. The van der Waals surface area contributed by atoms with Crippen LogP contribution < -0.4 is 10.6 Å². The third kappa shape index (κ3) is 4.78. The molecule has 19 heavy (non-hydrogen) atoms. The fourth-order valence-corrected chi connectivity index (χ4v) is 1.88. The lowest BCUT2D eigenvalue weighted by Crippen LogP contribution is -2.51. The number of morpholine rings is 1. The van der Waals surface area contributed by atoms with E-state index in [1.165, 1.54) is 6.07 Å². The lowest BCUT2D eigenvalue weighted by atomic mass is 10.1. The lowest BCUT2D eigenvalue weighted by Gasteiger charge is -2.22. The summed E-state index contributed by atoms with van der Waals surface area (Å²) in [4.78, 5) is 11.7. The van der Waals surface area contributed by atoms with Crippen molar-refractivity contribution < 1.29 is 13.9 Å². The topological polar surface area (TPSA) is 50.4 Å². The van der Waals surface area contributed by atoms with E-state index < -0.39 is 0 Å². The minimum absolute atomic E-state index is 0. The molecule has 1 amide bonds. The fourth-order valence-electron chi connectivity index (χ4n) is 1.88. The average molecular weight is 289 g/mol. The highest BCUT2D eigenvalue weighted by Crippen LogP contribution is 2.06. The van der Waals surface area contributed by atoms with Gasteiger partial charge in [-0.1, -0.05) is 18.2 Å². The first-order valence-corrected chi connectivity index (χ1v) is 6.09. The van der Waals surface area contributed by atoms with Crippen LogP contribution >= 0.6 is 12.4 Å². The number of carbonyl (C=O) groups excluding carboxylic acids is 1. The highest BCUT2D eigenvalue weighted by Gasteiger charge is 2.20. The van der Waals surface area contributed by atoms with E-state index in [-0.39, 0.29) is 30.2 Å². The van der Waals surface area contributed by atoms with Crippen molar-refractivity contribution in [2.75, 3.05) is 26.3 Å². The predicted molar refractivity (Wildman–Crippen MR) is 73.0 cm³/mol. The summed E-state index contributed by atoms with van der Waals surface area (Å²) in [6.07, 6.45) is 0.492. The first-order valence-electron chi connectivity index (χ1n) is 6.09. The zero-order chi connectivity index (χ0) is 12.8. The Morgan fingerprint density at radius 1 is 1.47 bits per heavy atom. The van der Waals surface area contributed by atoms with Crippen LogP contribution in [0.15, 0.2) is 24.3 Å². The Kier molecular flexibility index (Phi) is 6.77. The molecular weight excluding hydrogens is 271 g/mol. The molecule has 0 aliphatic carbocycles. The fraction of sp³-hybridized carbons (Fsp3) is 0.462. The van der Waals surface area contributed by atoms with Crippen LogP contribution in [0.1, 0.15) is 5.56 Å². The minimum Gasteiger partial charge on any atom is -0.378 e. The number of benzene rings is 1. The van der Waals surface area contributed by atoms with Gasteiger partial charge in [-0.3, -0.25) is 4.79 Å². The third-order valence-corrected chi connectivity index (χ3v) is 2.89. The quantitative estimate of drug-likeness (QED) is 0.865. The van der Waals surface area contributed by atoms with Gasteiger partial charge in [-0.25, -0.2) is 4.39 Å². The standard InChI is InChI=1S/C13H17FN2O2.ClH/c14-11-4-2-1-3-10(11)5-6-16-13(17)12-9-18-8-7-15-12;/h1-4,12,15H,5-9H2,(H,16,17);1H. The number of amides is 1. The molecule has 0 aromatic heterocycles. The molecule has 1 aliphatic heterocycles. The predicted octanol–water partition coefficient (Wildman–Crippen LogP) is 0.895. The molecule has 6 heteroatoms. The lowest BCUT2D eigenvalue weighted by molar-refractivity contribution is -0.125. The van der Waals surface area contributed by atoms with Crippen molar-refractivity contribution in [3.05, 3.63) is 35.6 Å². The van der Waals surface area contributed by atoms with Gasteiger partial charge in [-0.15, -0.1) is 12.4 Å². The van der Waals surface area contributed by atoms with Crippen molar-refractivity contribution in [3.63, 3.8) is 0 Å². The van der Waals surface area contributed by atoms with Gasteiger partial charge in [-0.2, -0.15) is 0 Å². The van der Waals surface area contributed by atoms with Crippen molar-refractivity contribution in [1.82, 2.24) is 10.6 Å². The summed E-state index contributed by atoms with van der Waals surface area (Å²) in [5.74, 6) is -0.322. The molecular formula is C13H18ClFN2O2. The zero-order valence-corrected chi connectivity index (χ0v) is 11.3. The monoisotopic (exact) mass is 288 g/mol. The summed E-state index contributed by atoms with van der Waals surface area (Å²) in [5.41, 5.74) is 0.616. The molecule has 1 heterocycles. The Labute approximate surface area is 118 Å². The summed E-state index contributed by atoms with van der Waals surface area (Å²) in [6.45, 7) is 2.15. The van der Waals surface area contributed by atoms with Crippen molar-refractivity contribution in [1.29, 1.82) is 0 Å². The van der Waals surface area contributed by atoms with Gasteiger partial charge in [0, 0.05) is 13.1 Å². The first-order chi connectivity index (χ1) is 8.77. The number of ether oxygens (including phenoxy) is 1. The van der Waals surface area contributed by atoms with Gasteiger partial charge >= 0.3 is 0 Å². The highest BCUT2D eigenvalue weighted by atomic mass is 35.5. The Bertz CT molecular complexity index is 411. The summed E-state index contributed by atoms with van der Waals surface area (Å²) in [7, 11) is 0. The maximum atomic E-state index is 13.3. The van der Waals surface area contributed by atoms with E-state index in [9.17, 15) is 9.18 Å². The van der Waals surface area contributed by atoms with E-state index in [2.05, 4.69) is 10.6 Å². The van der Waals surface area contributed by atoms with Crippen molar-refractivity contribution >= 4 is 18.3 Å². The van der Waals surface area contributed by atoms with Gasteiger partial charge in [0.05, 0.1) is 13.2 Å². The molecule has 2 N–H and O–H groups in total. The molecule has 1 saturated heterocycles. The van der Waals surface area contributed by atoms with Crippen LogP contribution in [0.3, 0.4) is 0 Å². The second kappa shape index (κ2) is 8.09. The maximum absolute atomic E-state index is 13.3. The Hall–Kier alpha value is -1.17. The zero-order valence-electron chi connectivity index (χ0n) is 10.5. The molecule has 0 saturated carbocycles. The Morgan fingerprint density at radius 2 is 2.26 bits per heavy atom. The largest absolute Gasteiger partial charge is 0.378 e. The second-order valence-electron chi connectivity index (χ2n) is 4.21. The van der Waals surface area contributed by atoms with E-state index in [1.807, 2.05) is 0 Å². The van der Waals surface area contributed by atoms with Crippen molar-refractivity contribution in [2.24, 2.45) is 0 Å². The maximum Gasteiger partial charge on any atom is 0.239 e. The summed E-state index contributed by atoms with van der Waals surface area (Å²) >= 11 is 0. The summed E-state index contributed by atoms with van der Waals surface area (Å²) in [6, 6.07) is 6.30. The molecule has 1 aromatic carbocycles. The van der Waals surface area contributed by atoms with E-state index in [1.54, 1.807) is 18.2 Å². The number of carbonyl (C=O) groups is 1. The van der Waals surface area contributed by atoms with Crippen LogP contribution in [0, 0.1) is 5.82 Å². The van der Waals surface area contributed by atoms with Crippen LogP contribution in [0.25, 0.3) is 0 Å². The summed E-state index contributed by atoms with van der Waals surface area (Å²) < 4.78 is 18.5. The van der Waals surface area contributed by atoms with Crippen LogP contribution in [0.5, 0.6) is 0 Å². The highest BCUT2D eigenvalue weighted by molar-refractivity contribution is 5.85. The van der Waals surface area contributed by atoms with Crippen molar-refractivity contribution in [2.45, 2.75) is 12.5 Å². The number of hydrogen-bond acceptors (Lipinski definition) is 3. The normalized spacial score (nSPS) is 18.5. The molecule has 4 nitrogen and oxygen atoms in total. The van der Waals surface area contributed by atoms with Gasteiger partial charge in [0.15, 0.2) is 0 Å². The van der Waals surface area contributed by atoms with E-state index in [0.717, 1.165) is 0 Å². The van der Waals surface area contributed by atoms with Crippen LogP contribution in [-0.2, 0) is 16.0 Å². The van der Waals surface area contributed by atoms with Crippen LogP contribution in [-0.4, -0.2) is 38.3 Å². The Balaban J connectivity index is 0.00000180. The molecule has 0 bridgehead atoms. The van der Waals surface area contributed by atoms with E-state index in [0.29, 0.717) is 38.3 Å². The molecule has 1 atom stereocenters. The Morgan fingerprint density at radius 3 is 2.95 bits per heavy atom. The molecule has 0 spiro atoms. The second-order valence-corrected chi connectivity index (χ2v) is 4.21. The molecule has 0 radical (unpaired) electrons. The molecule has 2 rings (SSSR count).